The fraction of sp³-hybridized carbons (Fsp3) is 0.353. The molecule has 1 aliphatic carbocycles. The van der Waals surface area contributed by atoms with E-state index >= 15 is 0 Å². The molecular formula is C17H16F3N5O2. The molecule has 3 N–H and O–H groups in total. The number of anilines is 1. The van der Waals surface area contributed by atoms with Gasteiger partial charge >= 0.3 is 6.18 Å². The third-order valence-electron chi connectivity index (χ3n) is 4.38. The van der Waals surface area contributed by atoms with Crippen LogP contribution in [0.4, 0.5) is 18.9 Å². The van der Waals surface area contributed by atoms with Gasteiger partial charge in [0.1, 0.15) is 6.54 Å². The molecule has 1 aliphatic rings. The van der Waals surface area contributed by atoms with Gasteiger partial charge in [0.2, 0.25) is 17.6 Å². The minimum Gasteiger partial charge on any atom is -0.398 e. The smallest absolute Gasteiger partial charge is 0.398 e. The first kappa shape index (κ1) is 17.4. The quantitative estimate of drug-likeness (QED) is 0.664. The summed E-state index contributed by atoms with van der Waals surface area (Å²) < 4.78 is 45.4. The topological polar surface area (TPSA) is 99.0 Å². The van der Waals surface area contributed by atoms with E-state index in [1.54, 1.807) is 18.2 Å². The summed E-state index contributed by atoms with van der Waals surface area (Å²) in [5, 5.41) is 6.92. The van der Waals surface area contributed by atoms with Crippen LogP contribution in [0.5, 0.6) is 0 Å². The van der Waals surface area contributed by atoms with E-state index in [2.05, 4.69) is 15.5 Å². The Bertz CT molecular complexity index is 1000. The molecule has 0 spiro atoms. The second-order valence-corrected chi connectivity index (χ2v) is 6.51. The zero-order valence-electron chi connectivity index (χ0n) is 14.1. The first-order valence-corrected chi connectivity index (χ1v) is 8.37. The van der Waals surface area contributed by atoms with Crippen molar-refractivity contribution in [3.8, 4) is 11.5 Å². The summed E-state index contributed by atoms with van der Waals surface area (Å²) in [4.78, 5) is 15.8. The number of benzene rings is 1. The summed E-state index contributed by atoms with van der Waals surface area (Å²) in [6, 6.07) is 6.26. The molecule has 0 atom stereocenters. The lowest BCUT2D eigenvalue weighted by atomic mass is 10.2. The molecule has 1 aromatic carbocycles. The molecule has 0 bridgehead atoms. The van der Waals surface area contributed by atoms with Crippen LogP contribution in [-0.4, -0.2) is 26.8 Å². The highest BCUT2D eigenvalue weighted by molar-refractivity contribution is 5.95. The third-order valence-corrected chi connectivity index (χ3v) is 4.38. The molecule has 3 aromatic rings. The number of fused-ring (bicyclic) bond motifs is 1. The van der Waals surface area contributed by atoms with Crippen molar-refractivity contribution in [1.82, 2.24) is 20.0 Å². The molecule has 1 fully saturated rings. The van der Waals surface area contributed by atoms with Gasteiger partial charge in [-0.1, -0.05) is 11.2 Å². The van der Waals surface area contributed by atoms with Crippen molar-refractivity contribution in [3.05, 3.63) is 30.2 Å². The number of hydrogen-bond acceptors (Lipinski definition) is 5. The molecule has 0 radical (unpaired) electrons. The van der Waals surface area contributed by atoms with Crippen LogP contribution in [0.15, 0.2) is 28.8 Å². The van der Waals surface area contributed by atoms with Crippen LogP contribution in [0.2, 0.25) is 0 Å². The molecule has 0 aliphatic heterocycles. The number of amides is 1. The Hall–Kier alpha value is -3.04. The number of rotatable bonds is 5. The number of alkyl halides is 3. The van der Waals surface area contributed by atoms with E-state index in [9.17, 15) is 18.0 Å². The molecule has 4 rings (SSSR count). The van der Waals surface area contributed by atoms with Crippen molar-refractivity contribution in [2.24, 2.45) is 5.92 Å². The number of nitrogen functional groups attached to an aromatic ring is 1. The van der Waals surface area contributed by atoms with Gasteiger partial charge in [-0.3, -0.25) is 4.79 Å². The van der Waals surface area contributed by atoms with Crippen LogP contribution < -0.4 is 11.1 Å². The third kappa shape index (κ3) is 3.60. The highest BCUT2D eigenvalue weighted by Crippen LogP contribution is 2.33. The molecule has 2 aromatic heterocycles. The molecule has 7 nitrogen and oxygen atoms in total. The number of carbonyl (C=O) groups is 1. The van der Waals surface area contributed by atoms with Gasteiger partial charge in [0.25, 0.3) is 0 Å². The summed E-state index contributed by atoms with van der Waals surface area (Å²) >= 11 is 0. The van der Waals surface area contributed by atoms with Gasteiger partial charge in [-0.15, -0.1) is 0 Å². The van der Waals surface area contributed by atoms with Gasteiger partial charge < -0.3 is 20.1 Å². The van der Waals surface area contributed by atoms with Crippen molar-refractivity contribution in [2.75, 3.05) is 5.73 Å². The Morgan fingerprint density at radius 1 is 1.37 bits per heavy atom. The zero-order valence-corrected chi connectivity index (χ0v) is 14.1. The Labute approximate surface area is 151 Å². The van der Waals surface area contributed by atoms with E-state index < -0.39 is 12.7 Å². The molecule has 1 amide bonds. The molecule has 142 valence electrons. The van der Waals surface area contributed by atoms with Crippen molar-refractivity contribution in [2.45, 2.75) is 32.1 Å². The largest absolute Gasteiger partial charge is 0.406 e. The Morgan fingerprint density at radius 3 is 2.85 bits per heavy atom. The van der Waals surface area contributed by atoms with E-state index in [-0.39, 0.29) is 35.8 Å². The second kappa shape index (κ2) is 6.29. The summed E-state index contributed by atoms with van der Waals surface area (Å²) in [6.45, 7) is -1.18. The predicted molar refractivity (Wildman–Crippen MR) is 90.3 cm³/mol. The number of nitrogens with zero attached hydrogens (tertiary/aromatic N) is 3. The lowest BCUT2D eigenvalue weighted by Gasteiger charge is -2.11. The lowest BCUT2D eigenvalue weighted by Crippen LogP contribution is -2.24. The first-order chi connectivity index (χ1) is 12.8. The van der Waals surface area contributed by atoms with Crippen molar-refractivity contribution >= 4 is 22.5 Å². The molecular weight excluding hydrogens is 363 g/mol. The monoisotopic (exact) mass is 379 g/mol. The summed E-state index contributed by atoms with van der Waals surface area (Å²) in [7, 11) is 0. The normalized spacial score (nSPS) is 14.6. The average Bonchev–Trinajstić information content (AvgIpc) is 3.25. The Balaban J connectivity index is 1.67. The van der Waals surface area contributed by atoms with Gasteiger partial charge in [-0.2, -0.15) is 18.2 Å². The standard InChI is InChI=1S/C17H16F3N5O2/c18-17(19,20)8-25-12-3-1-2-11(21)10(12)6-13(25)15-23-14(27-24-15)7-22-16(26)9-4-5-9/h1-3,6,9H,4-5,7-8,21H2,(H,22,26). The van der Waals surface area contributed by atoms with E-state index in [1.165, 1.54) is 6.07 Å². The summed E-state index contributed by atoms with van der Waals surface area (Å²) in [5.41, 5.74) is 6.72. The predicted octanol–water partition coefficient (Wildman–Crippen LogP) is 2.86. The molecule has 0 saturated heterocycles. The van der Waals surface area contributed by atoms with Crippen LogP contribution in [-0.2, 0) is 17.9 Å². The summed E-state index contributed by atoms with van der Waals surface area (Å²) in [6.07, 6.45) is -2.71. The minimum absolute atomic E-state index is 0.00511. The molecule has 27 heavy (non-hydrogen) atoms. The maximum Gasteiger partial charge on any atom is 0.406 e. The van der Waals surface area contributed by atoms with Crippen LogP contribution in [0.3, 0.4) is 0 Å². The second-order valence-electron chi connectivity index (χ2n) is 6.51. The number of hydrogen-bond donors (Lipinski definition) is 2. The average molecular weight is 379 g/mol. The van der Waals surface area contributed by atoms with Gasteiger partial charge in [0.05, 0.1) is 17.8 Å². The number of aromatic nitrogens is 3. The van der Waals surface area contributed by atoms with Crippen LogP contribution in [0.25, 0.3) is 22.4 Å². The molecule has 10 heteroatoms. The van der Waals surface area contributed by atoms with Crippen LogP contribution in [0, 0.1) is 5.92 Å². The fourth-order valence-corrected chi connectivity index (χ4v) is 2.93. The maximum absolute atomic E-state index is 13.1. The first-order valence-electron chi connectivity index (χ1n) is 8.37. The zero-order chi connectivity index (χ0) is 19.2. The van der Waals surface area contributed by atoms with Gasteiger partial charge in [0.15, 0.2) is 0 Å². The summed E-state index contributed by atoms with van der Waals surface area (Å²) in [5.74, 6) is 0.0692. The van der Waals surface area contributed by atoms with Crippen LogP contribution in [0.1, 0.15) is 18.7 Å². The van der Waals surface area contributed by atoms with E-state index in [4.69, 9.17) is 10.3 Å². The lowest BCUT2D eigenvalue weighted by molar-refractivity contribution is -0.139. The van der Waals surface area contributed by atoms with Gasteiger partial charge in [0, 0.05) is 17.0 Å². The number of nitrogens with two attached hydrogens (primary N) is 1. The minimum atomic E-state index is -4.43. The fourth-order valence-electron chi connectivity index (χ4n) is 2.93. The Morgan fingerprint density at radius 2 is 2.15 bits per heavy atom. The maximum atomic E-state index is 13.1. The number of halogens is 3. The SMILES string of the molecule is Nc1cccc2c1cc(-c1noc(CNC(=O)C3CC3)n1)n2CC(F)(F)F. The molecule has 1 saturated carbocycles. The van der Waals surface area contributed by atoms with Crippen molar-refractivity contribution < 1.29 is 22.5 Å². The van der Waals surface area contributed by atoms with Crippen molar-refractivity contribution in [1.29, 1.82) is 0 Å². The van der Waals surface area contributed by atoms with Gasteiger partial charge in [-0.05, 0) is 31.0 Å². The van der Waals surface area contributed by atoms with Gasteiger partial charge in [-0.25, -0.2) is 0 Å². The highest BCUT2D eigenvalue weighted by Gasteiger charge is 2.32. The number of carbonyl (C=O) groups excluding carboxylic acids is 1. The van der Waals surface area contributed by atoms with E-state index in [1.807, 2.05) is 0 Å². The highest BCUT2D eigenvalue weighted by atomic mass is 19.4. The molecule has 0 unspecified atom stereocenters. The van der Waals surface area contributed by atoms with Crippen LogP contribution >= 0.6 is 0 Å². The molecule has 2 heterocycles. The van der Waals surface area contributed by atoms with Crippen molar-refractivity contribution in [3.63, 3.8) is 0 Å². The van der Waals surface area contributed by atoms with E-state index in [0.29, 0.717) is 16.6 Å². The Kier molecular flexibility index (Phi) is 4.05. The van der Waals surface area contributed by atoms with E-state index in [0.717, 1.165) is 17.4 Å². The number of nitrogens with one attached hydrogen (secondary N) is 1.